The van der Waals surface area contributed by atoms with Gasteiger partial charge in [-0.3, -0.25) is 0 Å². The van der Waals surface area contributed by atoms with Crippen LogP contribution in [0.4, 0.5) is 0 Å². The quantitative estimate of drug-likeness (QED) is 0.0752. The number of hydrogen-bond acceptors (Lipinski definition) is 23. The third-order valence-corrected chi connectivity index (χ3v) is 18.9. The molecule has 23 heteroatoms. The second kappa shape index (κ2) is 21.7. The van der Waals surface area contributed by atoms with Crippen LogP contribution >= 0.6 is 0 Å². The Morgan fingerprint density at radius 3 is 2.01 bits per heavy atom. The number of rotatable bonds is 14. The molecule has 9 aliphatic rings. The molecule has 30 atom stereocenters. The van der Waals surface area contributed by atoms with Crippen LogP contribution in [0, 0.1) is 40.4 Å². The zero-order valence-electron chi connectivity index (χ0n) is 41.8. The maximum atomic E-state index is 12.1. The van der Waals surface area contributed by atoms with Crippen LogP contribution in [0.25, 0.3) is 0 Å². The van der Waals surface area contributed by atoms with Crippen LogP contribution in [0.5, 0.6) is 0 Å². The highest BCUT2D eigenvalue weighted by Crippen LogP contribution is 2.70. The van der Waals surface area contributed by atoms with Crippen LogP contribution < -0.4 is 0 Å². The highest BCUT2D eigenvalue weighted by Gasteiger charge is 2.69. The molecule has 5 heterocycles. The average molecular weight is 1050 g/mol. The van der Waals surface area contributed by atoms with E-state index < -0.39 is 153 Å². The van der Waals surface area contributed by atoms with Gasteiger partial charge in [0.05, 0.1) is 50.8 Å². The second-order valence-electron chi connectivity index (χ2n) is 23.0. The molecule has 73 heavy (non-hydrogen) atoms. The van der Waals surface area contributed by atoms with Crippen LogP contribution in [0.3, 0.4) is 0 Å². The topological polar surface area (TPSA) is 366 Å². The van der Waals surface area contributed by atoms with Crippen LogP contribution in [0.2, 0.25) is 0 Å². The van der Waals surface area contributed by atoms with Gasteiger partial charge in [-0.2, -0.15) is 0 Å². The summed E-state index contributed by atoms with van der Waals surface area (Å²) in [6, 6.07) is 0. The van der Waals surface area contributed by atoms with Gasteiger partial charge in [-0.15, -0.1) is 0 Å². The van der Waals surface area contributed by atoms with Gasteiger partial charge in [0, 0.05) is 24.2 Å². The van der Waals surface area contributed by atoms with Crippen molar-refractivity contribution in [2.45, 2.75) is 220 Å². The van der Waals surface area contributed by atoms with Crippen LogP contribution in [-0.2, 0) is 42.6 Å². The average Bonchev–Trinajstić information content (AvgIpc) is 3.80. The van der Waals surface area contributed by atoms with E-state index in [2.05, 4.69) is 26.5 Å². The third-order valence-electron chi connectivity index (χ3n) is 18.9. The Hall–Kier alpha value is -1.44. The Morgan fingerprint density at radius 1 is 0.712 bits per heavy atom. The maximum Gasteiger partial charge on any atom is 0.187 e. The van der Waals surface area contributed by atoms with Crippen LogP contribution in [0.1, 0.15) is 79.1 Å². The first-order valence-corrected chi connectivity index (χ1v) is 26.1. The molecule has 0 spiro atoms. The minimum absolute atomic E-state index is 0.0327. The Morgan fingerprint density at radius 2 is 1.34 bits per heavy atom. The molecule has 9 rings (SSSR count). The van der Waals surface area contributed by atoms with Crippen molar-refractivity contribution in [3.05, 3.63) is 23.8 Å². The number of hydrogen-bond donors (Lipinski definition) is 14. The Kier molecular flexibility index (Phi) is 16.7. The molecular formula is C50H80O23. The number of ether oxygens (including phenoxy) is 9. The van der Waals surface area contributed by atoms with Crippen molar-refractivity contribution in [1.82, 2.24) is 0 Å². The van der Waals surface area contributed by atoms with Crippen molar-refractivity contribution in [1.29, 1.82) is 0 Å². The molecule has 8 fully saturated rings. The fourth-order valence-corrected chi connectivity index (χ4v) is 14.6. The van der Waals surface area contributed by atoms with Gasteiger partial charge in [-0.05, 0) is 74.5 Å². The van der Waals surface area contributed by atoms with E-state index in [-0.39, 0.29) is 67.2 Å². The first-order valence-electron chi connectivity index (χ1n) is 26.1. The number of allylic oxidation sites excluding steroid dienone is 1. The molecule has 4 aliphatic carbocycles. The van der Waals surface area contributed by atoms with E-state index in [0.29, 0.717) is 24.8 Å². The molecule has 0 unspecified atom stereocenters. The van der Waals surface area contributed by atoms with Gasteiger partial charge >= 0.3 is 0 Å². The van der Waals surface area contributed by atoms with E-state index in [1.54, 1.807) is 0 Å². The summed E-state index contributed by atoms with van der Waals surface area (Å²) < 4.78 is 54.1. The molecule has 5 saturated heterocycles. The Labute approximate surface area is 423 Å². The van der Waals surface area contributed by atoms with Crippen molar-refractivity contribution in [2.24, 2.45) is 40.4 Å². The lowest BCUT2D eigenvalue weighted by atomic mass is 9.46. The molecule has 0 amide bonds. The van der Waals surface area contributed by atoms with Gasteiger partial charge in [0.15, 0.2) is 30.9 Å². The summed E-state index contributed by atoms with van der Waals surface area (Å²) in [5, 5.41) is 150. The minimum Gasteiger partial charge on any atom is -0.394 e. The van der Waals surface area contributed by atoms with Gasteiger partial charge in [-0.1, -0.05) is 44.6 Å². The third kappa shape index (κ3) is 9.95. The molecule has 0 aromatic rings. The van der Waals surface area contributed by atoms with Crippen molar-refractivity contribution in [3.63, 3.8) is 0 Å². The van der Waals surface area contributed by atoms with Crippen molar-refractivity contribution in [3.8, 4) is 0 Å². The maximum absolute atomic E-state index is 12.1. The predicted molar refractivity (Wildman–Crippen MR) is 246 cm³/mol. The normalized spacial score (nSPS) is 55.0. The fourth-order valence-electron chi connectivity index (χ4n) is 14.6. The first-order chi connectivity index (χ1) is 34.5. The smallest absolute Gasteiger partial charge is 0.187 e. The molecule has 418 valence electrons. The number of fused-ring (bicyclic) bond motifs is 7. The minimum atomic E-state index is -1.85. The lowest BCUT2D eigenvalue weighted by Gasteiger charge is -2.60. The lowest BCUT2D eigenvalue weighted by Crippen LogP contribution is -2.65. The summed E-state index contributed by atoms with van der Waals surface area (Å²) in [5.41, 5.74) is 0.794. The summed E-state index contributed by atoms with van der Waals surface area (Å²) in [4.78, 5) is 0. The number of aliphatic hydroxyl groups is 14. The summed E-state index contributed by atoms with van der Waals surface area (Å²) in [6.45, 7) is 10.3. The van der Waals surface area contributed by atoms with Crippen molar-refractivity contribution < 1.29 is 114 Å². The van der Waals surface area contributed by atoms with Gasteiger partial charge < -0.3 is 114 Å². The molecule has 23 nitrogen and oxygen atoms in total. The summed E-state index contributed by atoms with van der Waals surface area (Å²) >= 11 is 0. The summed E-state index contributed by atoms with van der Waals surface area (Å²) in [7, 11) is 0. The van der Waals surface area contributed by atoms with E-state index in [9.17, 15) is 71.5 Å². The molecule has 0 aromatic heterocycles. The van der Waals surface area contributed by atoms with Gasteiger partial charge in [0.2, 0.25) is 0 Å². The monoisotopic (exact) mass is 1050 g/mol. The van der Waals surface area contributed by atoms with E-state index >= 15 is 0 Å². The van der Waals surface area contributed by atoms with Crippen molar-refractivity contribution >= 4 is 0 Å². The van der Waals surface area contributed by atoms with Gasteiger partial charge in [0.25, 0.3) is 0 Å². The largest absolute Gasteiger partial charge is 0.394 e. The molecule has 0 radical (unpaired) electrons. The van der Waals surface area contributed by atoms with Crippen molar-refractivity contribution in [2.75, 3.05) is 26.4 Å². The Bertz CT molecular complexity index is 1950. The summed E-state index contributed by atoms with van der Waals surface area (Å²) in [6.07, 6.45) is -24.3. The van der Waals surface area contributed by atoms with Gasteiger partial charge in [0.1, 0.15) is 85.5 Å². The lowest BCUT2D eigenvalue weighted by molar-refractivity contribution is -0.381. The molecule has 0 aromatic carbocycles. The Balaban J connectivity index is 0.866. The SMILES string of the molecule is C=C(CC[C@@]1(O)O[C@H]2C[C@H]3[C@@H]4CC=C5C[C@@H](O)C[C@@H](O[C@@H]6OC[C@@H](O)[C@H](O)[C@H]6O[C@@H]6O[C@@H](C)[C@H](O)[C@@H](O[C@@H]7O[C@H](CO)[C@@H](O)[C@H](O)[C@H]7O)[C@H]6O)[C@]5(C)[C@H]4CC[C@]3(C)[C@H]2[C@@H]1C)CO[C@@H]1O[C@H](CO)[C@@H](O)[C@H](O)[C@H]1O. The molecule has 5 aliphatic heterocycles. The molecule has 0 bridgehead atoms. The number of aliphatic hydroxyl groups excluding tert-OH is 13. The second-order valence-corrected chi connectivity index (χ2v) is 23.0. The molecule has 14 N–H and O–H groups in total. The van der Waals surface area contributed by atoms with Gasteiger partial charge in [-0.25, -0.2) is 0 Å². The fraction of sp³-hybridized carbons (Fsp3) is 0.920. The van der Waals surface area contributed by atoms with E-state index in [0.717, 1.165) is 24.8 Å². The van der Waals surface area contributed by atoms with Crippen LogP contribution in [0.15, 0.2) is 23.8 Å². The standard InChI is InChI=1S/C50H80O23/c1-19(17-65-44-39(61)37(59)35(57)29(15-51)68-44)8-11-50(64)20(2)32-28(73-50)14-26-24-7-6-22-12-23(53)13-31(49(22,5)25(24)9-10-48(26,32)4)70-47-43(34(56)27(54)18-66-47)72-46-41(63)42(33(55)21(3)67-46)71-45-40(62)38(60)36(58)30(16-52)69-45/h6,20-21,23-47,51-64H,1,7-18H2,2-5H3/t20-,21-,23+,24+,25-,26-,27+,28-,29+,30+,31+,32-,33-,34-,35+,36+,37-,38-,39+,40+,41+,42+,43+,44+,45-,46-,47-,48-,49-,50+/m0/s1. The summed E-state index contributed by atoms with van der Waals surface area (Å²) in [5.74, 6) is -1.21. The van der Waals surface area contributed by atoms with Crippen LogP contribution in [-0.4, -0.2) is 239 Å². The highest BCUT2D eigenvalue weighted by molar-refractivity contribution is 5.29. The zero-order chi connectivity index (χ0) is 52.8. The van der Waals surface area contributed by atoms with E-state index in [1.165, 1.54) is 6.92 Å². The predicted octanol–water partition coefficient (Wildman–Crippen LogP) is -3.48. The molecular weight excluding hydrogens is 969 g/mol. The van der Waals surface area contributed by atoms with E-state index in [1.807, 2.05) is 6.92 Å². The highest BCUT2D eigenvalue weighted by atomic mass is 16.8. The zero-order valence-corrected chi connectivity index (χ0v) is 41.8. The first kappa shape index (κ1) is 56.3. The van der Waals surface area contributed by atoms with E-state index in [4.69, 9.17) is 42.6 Å². The molecule has 3 saturated carbocycles.